The number of aliphatic carboxylic acids is 2. The predicted molar refractivity (Wildman–Crippen MR) is 184 cm³/mol. The van der Waals surface area contributed by atoms with Gasteiger partial charge in [-0.3, -0.25) is 9.52 Å². The number of nitrogens with one attached hydrogen (secondary N) is 1. The molecule has 2 aromatic carbocycles. The van der Waals surface area contributed by atoms with Gasteiger partial charge >= 0.3 is 11.9 Å². The molecule has 0 saturated heterocycles. The van der Waals surface area contributed by atoms with Crippen molar-refractivity contribution in [3.8, 4) is 5.75 Å². The maximum atomic E-state index is 13.7. The first-order chi connectivity index (χ1) is 22.4. The second kappa shape index (κ2) is 20.2. The van der Waals surface area contributed by atoms with E-state index in [9.17, 15) is 22.8 Å². The van der Waals surface area contributed by atoms with Gasteiger partial charge < -0.3 is 24.3 Å². The average Bonchev–Trinajstić information content (AvgIpc) is 3.38. The second-order valence-electron chi connectivity index (χ2n) is 11.2. The zero-order valence-corrected chi connectivity index (χ0v) is 28.6. The molecule has 0 aliphatic heterocycles. The van der Waals surface area contributed by atoms with Crippen molar-refractivity contribution >= 4 is 44.4 Å². The molecule has 0 atom stereocenters. The minimum absolute atomic E-state index is 0.148. The fraction of sp³-hybridized carbons (Fsp3) is 0.457. The topological polar surface area (TPSA) is 163 Å². The molecule has 0 fully saturated rings. The summed E-state index contributed by atoms with van der Waals surface area (Å²) in [6.45, 7) is 10.5. The highest BCUT2D eigenvalue weighted by Gasteiger charge is 2.22. The van der Waals surface area contributed by atoms with Crippen molar-refractivity contribution < 1.29 is 42.2 Å². The number of ether oxygens (including phenoxy) is 1. The van der Waals surface area contributed by atoms with Gasteiger partial charge in [-0.15, -0.1) is 0 Å². The van der Waals surface area contributed by atoms with Crippen LogP contribution in [0.25, 0.3) is 11.0 Å². The van der Waals surface area contributed by atoms with Crippen LogP contribution in [0.15, 0.2) is 59.0 Å². The minimum Gasteiger partial charge on any atom is -0.494 e. The summed E-state index contributed by atoms with van der Waals surface area (Å²) in [5, 5.41) is 16.2. The van der Waals surface area contributed by atoms with Crippen LogP contribution in [-0.2, 0) is 26.0 Å². The van der Waals surface area contributed by atoms with Gasteiger partial charge in [0.15, 0.2) is 5.78 Å². The molecule has 3 rings (SSSR count). The first-order valence-electron chi connectivity index (χ1n) is 16.0. The van der Waals surface area contributed by atoms with E-state index in [1.807, 2.05) is 12.1 Å². The van der Waals surface area contributed by atoms with E-state index in [1.165, 1.54) is 25.7 Å². The molecule has 0 unspecified atom stereocenters. The molecule has 0 radical (unpaired) electrons. The Morgan fingerprint density at radius 2 is 1.43 bits per heavy atom. The number of unbranched alkanes of at least 4 members (excludes halogenated alkanes) is 3. The Hall–Kier alpha value is -4.16. The van der Waals surface area contributed by atoms with Crippen LogP contribution in [0.1, 0.15) is 87.4 Å². The third-order valence-corrected chi connectivity index (χ3v) is 7.68. The van der Waals surface area contributed by atoms with E-state index in [0.29, 0.717) is 58.7 Å². The van der Waals surface area contributed by atoms with Crippen molar-refractivity contribution in [3.05, 3.63) is 71.5 Å². The Kier molecular flexibility index (Phi) is 16.7. The van der Waals surface area contributed by atoms with Crippen molar-refractivity contribution in [3.63, 3.8) is 0 Å². The van der Waals surface area contributed by atoms with Crippen molar-refractivity contribution in [2.24, 2.45) is 0 Å². The first-order valence-corrected chi connectivity index (χ1v) is 17.9. The zero-order chi connectivity index (χ0) is 34.8. The summed E-state index contributed by atoms with van der Waals surface area (Å²) in [4.78, 5) is 35.3. The summed E-state index contributed by atoms with van der Waals surface area (Å²) in [6, 6.07) is 12.3. The number of carbonyl (C=O) groups is 3. The molecule has 0 spiro atoms. The summed E-state index contributed by atoms with van der Waals surface area (Å²) in [6.07, 6.45) is 10.5. The largest absolute Gasteiger partial charge is 0.494 e. The van der Waals surface area contributed by atoms with Crippen LogP contribution < -0.4 is 9.46 Å². The fourth-order valence-corrected chi connectivity index (χ4v) is 5.31. The first kappa shape index (κ1) is 39.0. The predicted octanol–water partition coefficient (Wildman–Crippen LogP) is 6.76. The quantitative estimate of drug-likeness (QED) is 0.0664. The van der Waals surface area contributed by atoms with Crippen molar-refractivity contribution in [1.82, 2.24) is 4.90 Å². The number of benzene rings is 2. The number of aryl methyl sites for hydroxylation is 1. The molecular weight excluding hydrogens is 624 g/mol. The van der Waals surface area contributed by atoms with E-state index in [1.54, 1.807) is 30.3 Å². The van der Waals surface area contributed by atoms with Gasteiger partial charge in [0.25, 0.3) is 0 Å². The number of nitrogens with zero attached hydrogens (tertiary/aromatic N) is 1. The molecule has 3 N–H and O–H groups in total. The fourth-order valence-electron chi connectivity index (χ4n) is 4.75. The van der Waals surface area contributed by atoms with Gasteiger partial charge in [-0.1, -0.05) is 40.0 Å². The lowest BCUT2D eigenvalue weighted by Crippen LogP contribution is -2.28. The number of carboxylic acids is 2. The van der Waals surface area contributed by atoms with Gasteiger partial charge in [0, 0.05) is 41.8 Å². The van der Waals surface area contributed by atoms with Crippen molar-refractivity contribution in [1.29, 1.82) is 0 Å². The number of sulfonamides is 1. The summed E-state index contributed by atoms with van der Waals surface area (Å²) >= 11 is 0. The molecule has 0 amide bonds. The number of anilines is 1. The number of hydrogen-bond acceptors (Lipinski definition) is 8. The van der Waals surface area contributed by atoms with Gasteiger partial charge in [0.05, 0.1) is 18.4 Å². The number of furan rings is 1. The van der Waals surface area contributed by atoms with Crippen LogP contribution in [-0.4, -0.2) is 73.7 Å². The lowest BCUT2D eigenvalue weighted by molar-refractivity contribution is -0.134. The minimum atomic E-state index is -3.45. The highest BCUT2D eigenvalue weighted by molar-refractivity contribution is 7.92. The molecule has 1 aromatic heterocycles. The van der Waals surface area contributed by atoms with Gasteiger partial charge in [0.1, 0.15) is 17.1 Å². The number of fused-ring (bicyclic) bond motifs is 1. The number of ketones is 1. The van der Waals surface area contributed by atoms with E-state index in [2.05, 4.69) is 30.4 Å². The van der Waals surface area contributed by atoms with E-state index < -0.39 is 22.0 Å². The molecule has 0 aliphatic carbocycles. The Morgan fingerprint density at radius 1 is 0.851 bits per heavy atom. The van der Waals surface area contributed by atoms with Gasteiger partial charge in [0.2, 0.25) is 10.0 Å². The maximum absolute atomic E-state index is 13.7. The lowest BCUT2D eigenvalue weighted by Gasteiger charge is -2.21. The highest BCUT2D eigenvalue weighted by Crippen LogP contribution is 2.32. The zero-order valence-electron chi connectivity index (χ0n) is 27.8. The molecule has 11 nitrogen and oxygen atoms in total. The van der Waals surface area contributed by atoms with Crippen LogP contribution in [0, 0.1) is 0 Å². The standard InChI is InChI=1S/C31H44N2O5S.C4H4O4/c1-5-8-12-29-30(27-23-25(32-39(4,35)36)15-18-28(27)38-29)31(34)24-13-16-26(17-14-24)37-22-11-21-33(19-9-6-2)20-10-7-3;5-3(6)1-2-4(7)8/h13-18,23,32H,5-12,19-22H2,1-4H3;1-2H,(H,5,6)(H,7,8). The monoisotopic (exact) mass is 672 g/mol. The van der Waals surface area contributed by atoms with Crippen LogP contribution in [0.5, 0.6) is 5.75 Å². The van der Waals surface area contributed by atoms with Crippen LogP contribution in [0.3, 0.4) is 0 Å². The Labute approximate surface area is 277 Å². The Balaban J connectivity index is 0.000000849. The third-order valence-electron chi connectivity index (χ3n) is 7.08. The number of rotatable bonds is 20. The number of hydrogen-bond donors (Lipinski definition) is 3. The third kappa shape index (κ3) is 14.4. The second-order valence-corrected chi connectivity index (χ2v) is 13.0. The number of carbonyl (C=O) groups excluding carboxylic acids is 1. The molecule has 258 valence electrons. The normalized spacial score (nSPS) is 11.4. The van der Waals surface area contributed by atoms with Gasteiger partial charge in [-0.2, -0.15) is 0 Å². The van der Waals surface area contributed by atoms with Gasteiger partial charge in [-0.05, 0) is 81.2 Å². The van der Waals surface area contributed by atoms with E-state index in [-0.39, 0.29) is 5.78 Å². The van der Waals surface area contributed by atoms with Crippen LogP contribution >= 0.6 is 0 Å². The average molecular weight is 673 g/mol. The summed E-state index contributed by atoms with van der Waals surface area (Å²) < 4.78 is 38.0. The molecule has 1 heterocycles. The maximum Gasteiger partial charge on any atom is 0.328 e. The number of carboxylic acid groups (broad SMARTS) is 2. The Morgan fingerprint density at radius 3 is 1.96 bits per heavy atom. The lowest BCUT2D eigenvalue weighted by atomic mass is 9.98. The summed E-state index contributed by atoms with van der Waals surface area (Å²) in [7, 11) is -3.45. The molecule has 0 aliphatic rings. The van der Waals surface area contributed by atoms with Crippen LogP contribution in [0.4, 0.5) is 5.69 Å². The van der Waals surface area contributed by atoms with Crippen molar-refractivity contribution in [2.75, 3.05) is 37.2 Å². The van der Waals surface area contributed by atoms with Gasteiger partial charge in [-0.25, -0.2) is 18.0 Å². The summed E-state index contributed by atoms with van der Waals surface area (Å²) in [5.41, 5.74) is 1.99. The molecular formula is C35H48N2O9S. The summed E-state index contributed by atoms with van der Waals surface area (Å²) in [5.74, 6) is -1.29. The molecule has 12 heteroatoms. The highest BCUT2D eigenvalue weighted by atomic mass is 32.2. The van der Waals surface area contributed by atoms with E-state index in [0.717, 1.165) is 50.9 Å². The Bertz CT molecular complexity index is 1550. The smallest absolute Gasteiger partial charge is 0.328 e. The molecule has 3 aromatic rings. The molecule has 0 saturated carbocycles. The van der Waals surface area contributed by atoms with E-state index >= 15 is 0 Å². The molecule has 47 heavy (non-hydrogen) atoms. The van der Waals surface area contributed by atoms with Crippen LogP contribution in [0.2, 0.25) is 0 Å². The van der Waals surface area contributed by atoms with Crippen molar-refractivity contribution in [2.45, 2.75) is 72.1 Å². The molecule has 0 bridgehead atoms. The SMILES string of the molecule is CCCCc1oc2ccc(NS(C)(=O)=O)cc2c1C(=O)c1ccc(OCCCN(CCCC)CCCC)cc1.O=C(O)C=CC(=O)O. The van der Waals surface area contributed by atoms with E-state index in [4.69, 9.17) is 19.4 Å².